The molecule has 4 N–H and O–H groups in total. The minimum Gasteiger partial charge on any atom is -0.507 e. The van der Waals surface area contributed by atoms with Gasteiger partial charge in [0.05, 0.1) is 56.3 Å². The number of phenols is 4. The summed E-state index contributed by atoms with van der Waals surface area (Å²) in [6.45, 7) is 0. The topological polar surface area (TPSA) is 325 Å². The molecule has 0 unspecified atom stereocenters. The highest BCUT2D eigenvalue weighted by molar-refractivity contribution is 6.12. The molecule has 0 aliphatic heterocycles. The lowest BCUT2D eigenvalue weighted by Crippen LogP contribution is -2.01. The number of hydrogen-bond acceptors (Lipinski definition) is 24. The van der Waals surface area contributed by atoms with Gasteiger partial charge in [0.1, 0.15) is 67.7 Å². The standard InChI is InChI=1S/4C22H15N3O3/c1-27-22-24-20(15-8-2-4-11-17(15)26)23-21(25-22)16-10-6-9-14-13-7-3-5-12-18(13)28-19(14)16;1-27-22-24-20(13-7-2-4-10-16(13)26)23-21(25-22)15-9-6-12-18-19(15)14-8-3-5-11-17(14)28-18;1-27-22-24-20(23-21(25-22)16-7-2-4-8-17(16)26)13-10-11-15-14-6-3-5-9-18(14)28-19(15)12-13;1-27-22-24-20(23-21(25-22)15-7-2-4-8-17(15)26)13-10-11-19-16(12-13)14-6-3-5-9-18(14)28-19/h4*2-12,26H,1H3. The first kappa shape index (κ1) is 69.3. The first-order valence-corrected chi connectivity index (χ1v) is 34.9. The second-order valence-electron chi connectivity index (χ2n) is 25.1. The lowest BCUT2D eigenvalue weighted by Gasteiger charge is -2.08. The number of phenolic OH excluding ortho intramolecular Hbond substituents is 4. The monoisotopic (exact) mass is 1480 g/mol. The molecule has 12 aromatic carbocycles. The highest BCUT2D eigenvalue weighted by Crippen LogP contribution is 2.41. The van der Waals surface area contributed by atoms with E-state index in [9.17, 15) is 20.4 Å². The average Bonchev–Trinajstić information content (AvgIpc) is 1.56. The van der Waals surface area contributed by atoms with E-state index in [4.69, 9.17) is 36.6 Å². The van der Waals surface area contributed by atoms with Gasteiger partial charge in [-0.05, 0) is 115 Å². The number of aromatic hydroxyl groups is 4. The minimum absolute atomic E-state index is 0.0867. The molecular formula is C88H60N12O12. The summed E-state index contributed by atoms with van der Waals surface area (Å²) < 4.78 is 45.0. The summed E-state index contributed by atoms with van der Waals surface area (Å²) in [4.78, 5) is 53.1. The molecule has 0 aliphatic carbocycles. The van der Waals surface area contributed by atoms with Gasteiger partial charge >= 0.3 is 24.0 Å². The maximum Gasteiger partial charge on any atom is 0.320 e. The van der Waals surface area contributed by atoms with Gasteiger partial charge in [-0.3, -0.25) is 0 Å². The number of fused-ring (bicyclic) bond motifs is 12. The Bertz CT molecular complexity index is 6940. The summed E-state index contributed by atoms with van der Waals surface area (Å²) in [5, 5.41) is 48.8. The summed E-state index contributed by atoms with van der Waals surface area (Å²) >= 11 is 0. The van der Waals surface area contributed by atoms with Crippen LogP contribution in [0.1, 0.15) is 0 Å². The van der Waals surface area contributed by atoms with E-state index >= 15 is 0 Å². The molecular weight excluding hydrogens is 1420 g/mol. The van der Waals surface area contributed by atoms with E-state index in [1.165, 1.54) is 28.4 Å². The fraction of sp³-hybridized carbons (Fsp3) is 0.0455. The van der Waals surface area contributed by atoms with Crippen LogP contribution < -0.4 is 18.9 Å². The second-order valence-corrected chi connectivity index (χ2v) is 25.1. The first-order chi connectivity index (χ1) is 54.9. The molecule has 8 aromatic heterocycles. The van der Waals surface area contributed by atoms with Crippen LogP contribution in [0.5, 0.6) is 47.0 Å². The van der Waals surface area contributed by atoms with Crippen molar-refractivity contribution in [3.05, 3.63) is 267 Å². The van der Waals surface area contributed by atoms with E-state index in [1.807, 2.05) is 194 Å². The second kappa shape index (κ2) is 29.9. The van der Waals surface area contributed by atoms with Gasteiger partial charge in [-0.15, -0.1) is 0 Å². The van der Waals surface area contributed by atoms with Crippen LogP contribution in [0.3, 0.4) is 0 Å². The molecule has 24 heteroatoms. The smallest absolute Gasteiger partial charge is 0.320 e. The van der Waals surface area contributed by atoms with Crippen molar-refractivity contribution in [2.24, 2.45) is 0 Å². The highest BCUT2D eigenvalue weighted by atomic mass is 16.5. The number of nitrogens with zero attached hydrogens (tertiary/aromatic N) is 12. The molecule has 20 aromatic rings. The Morgan fingerprint density at radius 1 is 0.214 bits per heavy atom. The van der Waals surface area contributed by atoms with Gasteiger partial charge < -0.3 is 57.0 Å². The predicted molar refractivity (Wildman–Crippen MR) is 425 cm³/mol. The highest BCUT2D eigenvalue weighted by Gasteiger charge is 2.23. The van der Waals surface area contributed by atoms with Crippen LogP contribution in [-0.2, 0) is 0 Å². The summed E-state index contributed by atoms with van der Waals surface area (Å²) in [6, 6.07) is 83.0. The van der Waals surface area contributed by atoms with Crippen molar-refractivity contribution in [1.29, 1.82) is 0 Å². The van der Waals surface area contributed by atoms with Crippen molar-refractivity contribution in [2.45, 2.75) is 0 Å². The Kier molecular flexibility index (Phi) is 18.5. The zero-order valence-electron chi connectivity index (χ0n) is 59.8. The Balaban J connectivity index is 0.000000108. The van der Waals surface area contributed by atoms with E-state index in [0.717, 1.165) is 104 Å². The molecule has 0 bridgehead atoms. The molecule has 0 saturated carbocycles. The molecule has 0 saturated heterocycles. The van der Waals surface area contributed by atoms with Crippen LogP contribution >= 0.6 is 0 Å². The molecule has 0 amide bonds. The lowest BCUT2D eigenvalue weighted by atomic mass is 10.1. The Morgan fingerprint density at radius 2 is 0.509 bits per heavy atom. The SMILES string of the molecule is COc1nc(-c2ccc3c(c2)oc2ccccc23)nc(-c2ccccc2O)n1.COc1nc(-c2ccc3oc4ccccc4c3c2)nc(-c2ccccc2O)n1.COc1nc(-c2ccccc2O)nc(-c2cccc3c2oc2ccccc23)n1.COc1nc(-c2ccccc2O)nc(-c2cccc3oc4ccccc4c23)n1. The summed E-state index contributed by atoms with van der Waals surface area (Å²) in [5.41, 5.74) is 11.4. The van der Waals surface area contributed by atoms with Crippen LogP contribution in [0.4, 0.5) is 0 Å². The van der Waals surface area contributed by atoms with Crippen molar-refractivity contribution in [1.82, 2.24) is 59.8 Å². The number of para-hydroxylation sites is 9. The van der Waals surface area contributed by atoms with Crippen molar-refractivity contribution >= 4 is 87.8 Å². The predicted octanol–water partition coefficient (Wildman–Crippen LogP) is 19.3. The van der Waals surface area contributed by atoms with Crippen LogP contribution in [0, 0.1) is 0 Å². The van der Waals surface area contributed by atoms with E-state index in [0.29, 0.717) is 74.4 Å². The van der Waals surface area contributed by atoms with Crippen molar-refractivity contribution in [2.75, 3.05) is 28.4 Å². The molecule has 0 spiro atoms. The zero-order valence-corrected chi connectivity index (χ0v) is 59.8. The van der Waals surface area contributed by atoms with Gasteiger partial charge in [-0.1, -0.05) is 152 Å². The molecule has 112 heavy (non-hydrogen) atoms. The van der Waals surface area contributed by atoms with Gasteiger partial charge in [0, 0.05) is 59.8 Å². The van der Waals surface area contributed by atoms with Crippen LogP contribution in [0.2, 0.25) is 0 Å². The minimum atomic E-state index is 0.0867. The molecule has 24 nitrogen and oxygen atoms in total. The van der Waals surface area contributed by atoms with Gasteiger partial charge in [-0.25, -0.2) is 19.9 Å². The van der Waals surface area contributed by atoms with E-state index < -0.39 is 0 Å². The largest absolute Gasteiger partial charge is 0.507 e. The molecule has 0 radical (unpaired) electrons. The number of ether oxygens (including phenoxy) is 4. The lowest BCUT2D eigenvalue weighted by molar-refractivity contribution is 0.379. The number of furan rings is 4. The summed E-state index contributed by atoms with van der Waals surface area (Å²) in [6.07, 6.45) is 0. The van der Waals surface area contributed by atoms with E-state index in [1.54, 1.807) is 72.8 Å². The number of methoxy groups -OCH3 is 4. The fourth-order valence-corrected chi connectivity index (χ4v) is 13.0. The van der Waals surface area contributed by atoms with Crippen LogP contribution in [0.15, 0.2) is 285 Å². The van der Waals surface area contributed by atoms with Crippen molar-refractivity contribution in [3.63, 3.8) is 0 Å². The van der Waals surface area contributed by atoms with Crippen LogP contribution in [-0.4, -0.2) is 109 Å². The number of aromatic nitrogens is 12. The Morgan fingerprint density at radius 3 is 0.991 bits per heavy atom. The molecule has 0 aliphatic rings. The summed E-state index contributed by atoms with van der Waals surface area (Å²) in [5.74, 6) is 3.46. The first-order valence-electron chi connectivity index (χ1n) is 34.9. The van der Waals surface area contributed by atoms with Crippen LogP contribution in [0.25, 0.3) is 179 Å². The van der Waals surface area contributed by atoms with E-state index in [2.05, 4.69) is 59.8 Å². The molecule has 0 fully saturated rings. The van der Waals surface area contributed by atoms with Gasteiger partial charge in [0.15, 0.2) is 46.6 Å². The average molecular weight is 1480 g/mol. The number of rotatable bonds is 12. The maximum absolute atomic E-state index is 10.2. The Labute approximate surface area is 634 Å². The quantitative estimate of drug-likeness (QED) is 0.0883. The van der Waals surface area contributed by atoms with Gasteiger partial charge in [0.25, 0.3) is 0 Å². The van der Waals surface area contributed by atoms with Crippen molar-refractivity contribution in [3.8, 4) is 138 Å². The normalized spacial score (nSPS) is 11.2. The van der Waals surface area contributed by atoms with Gasteiger partial charge in [0.2, 0.25) is 0 Å². The fourth-order valence-electron chi connectivity index (χ4n) is 13.0. The molecule has 8 heterocycles. The molecule has 544 valence electrons. The molecule has 20 rings (SSSR count). The summed E-state index contributed by atoms with van der Waals surface area (Å²) in [7, 11) is 5.99. The molecule has 0 atom stereocenters. The number of hydrogen-bond donors (Lipinski definition) is 4. The third-order valence-electron chi connectivity index (χ3n) is 18.3. The maximum atomic E-state index is 10.2. The van der Waals surface area contributed by atoms with E-state index in [-0.39, 0.29) is 47.0 Å². The van der Waals surface area contributed by atoms with Crippen molar-refractivity contribution < 1.29 is 57.0 Å². The van der Waals surface area contributed by atoms with Gasteiger partial charge in [-0.2, -0.15) is 39.9 Å². The zero-order chi connectivity index (χ0) is 76.3. The Hall–Kier alpha value is -15.7. The third kappa shape index (κ3) is 13.5. The number of benzene rings is 12. The third-order valence-corrected chi connectivity index (χ3v) is 18.3.